The van der Waals surface area contributed by atoms with Gasteiger partial charge in [-0.1, -0.05) is 43.4 Å². The summed E-state index contributed by atoms with van der Waals surface area (Å²) in [7, 11) is 0. The molecule has 5 nitrogen and oxygen atoms in total. The predicted octanol–water partition coefficient (Wildman–Crippen LogP) is 5.07. The van der Waals surface area contributed by atoms with Gasteiger partial charge in [0.05, 0.1) is 30.0 Å². The molecule has 1 fully saturated rings. The van der Waals surface area contributed by atoms with Crippen LogP contribution in [-0.2, 0) is 4.79 Å². The summed E-state index contributed by atoms with van der Waals surface area (Å²) in [6.45, 7) is 5.25. The number of ether oxygens (including phenoxy) is 2. The Balaban J connectivity index is 1.83. The first-order valence-corrected chi connectivity index (χ1v) is 10.4. The average Bonchev–Trinajstić information content (AvgIpc) is 2.97. The van der Waals surface area contributed by atoms with Crippen LogP contribution in [0.2, 0.25) is 0 Å². The molecular formula is C21H22N2O3S2. The number of unbranched alkanes of at least 4 members (excludes halogenated alkanes) is 1. The van der Waals surface area contributed by atoms with E-state index < -0.39 is 0 Å². The first-order valence-electron chi connectivity index (χ1n) is 9.21. The Kier molecular flexibility index (Phi) is 7.06. The molecule has 1 aliphatic rings. The van der Waals surface area contributed by atoms with Crippen LogP contribution < -0.4 is 14.4 Å². The number of hydrogen-bond acceptors (Lipinski definition) is 6. The molecule has 0 saturated carbocycles. The number of rotatable bonds is 8. The molecule has 0 unspecified atom stereocenters. The van der Waals surface area contributed by atoms with Crippen LogP contribution in [0, 0.1) is 0 Å². The van der Waals surface area contributed by atoms with Gasteiger partial charge in [0, 0.05) is 6.20 Å². The Bertz CT molecular complexity index is 884. The van der Waals surface area contributed by atoms with Crippen molar-refractivity contribution in [3.05, 3.63) is 53.2 Å². The van der Waals surface area contributed by atoms with Gasteiger partial charge in [0.15, 0.2) is 15.8 Å². The minimum absolute atomic E-state index is 0.149. The number of thioether (sulfide) groups is 1. The highest BCUT2D eigenvalue weighted by molar-refractivity contribution is 8.27. The predicted molar refractivity (Wildman–Crippen MR) is 118 cm³/mol. The third-order valence-corrected chi connectivity index (χ3v) is 5.32. The van der Waals surface area contributed by atoms with Gasteiger partial charge in [-0.2, -0.15) is 0 Å². The Labute approximate surface area is 174 Å². The van der Waals surface area contributed by atoms with E-state index in [9.17, 15) is 4.79 Å². The highest BCUT2D eigenvalue weighted by Gasteiger charge is 2.33. The molecule has 1 aromatic heterocycles. The standard InChI is InChI=1S/C21H22N2O3S2/c1-3-5-11-26-17-9-8-15(12-18(17)25-4-2)13-19-20(24)23(21(27)28-19)16-7-6-10-22-14-16/h6-10,12-14H,3-5,11H2,1-2H3/b19-13-. The van der Waals surface area contributed by atoms with Crippen molar-refractivity contribution in [1.82, 2.24) is 4.98 Å². The monoisotopic (exact) mass is 414 g/mol. The molecule has 0 radical (unpaired) electrons. The summed E-state index contributed by atoms with van der Waals surface area (Å²) in [4.78, 5) is 19.0. The normalized spacial score (nSPS) is 15.4. The first-order chi connectivity index (χ1) is 13.6. The Morgan fingerprint density at radius 2 is 2.07 bits per heavy atom. The van der Waals surface area contributed by atoms with E-state index in [0.717, 1.165) is 24.2 Å². The Hall–Kier alpha value is -2.38. The van der Waals surface area contributed by atoms with Crippen molar-refractivity contribution in [3.63, 3.8) is 0 Å². The molecular weight excluding hydrogens is 392 g/mol. The summed E-state index contributed by atoms with van der Waals surface area (Å²) in [6, 6.07) is 9.29. The maximum Gasteiger partial charge on any atom is 0.270 e. The van der Waals surface area contributed by atoms with Gasteiger partial charge < -0.3 is 9.47 Å². The molecule has 0 bridgehead atoms. The summed E-state index contributed by atoms with van der Waals surface area (Å²) in [5.74, 6) is 1.25. The number of thiocarbonyl (C=S) groups is 1. The number of hydrogen-bond donors (Lipinski definition) is 0. The number of nitrogens with zero attached hydrogens (tertiary/aromatic N) is 2. The Morgan fingerprint density at radius 1 is 1.21 bits per heavy atom. The van der Waals surface area contributed by atoms with Crippen LogP contribution in [0.1, 0.15) is 32.3 Å². The zero-order valence-corrected chi connectivity index (χ0v) is 17.5. The number of benzene rings is 1. The number of carbonyl (C=O) groups excluding carboxylic acids is 1. The first kappa shape index (κ1) is 20.4. The van der Waals surface area contributed by atoms with Crippen molar-refractivity contribution in [1.29, 1.82) is 0 Å². The lowest BCUT2D eigenvalue weighted by atomic mass is 10.2. The van der Waals surface area contributed by atoms with Crippen molar-refractivity contribution < 1.29 is 14.3 Å². The van der Waals surface area contributed by atoms with Gasteiger partial charge >= 0.3 is 0 Å². The maximum absolute atomic E-state index is 12.8. The van der Waals surface area contributed by atoms with Crippen molar-refractivity contribution in [2.75, 3.05) is 18.1 Å². The molecule has 1 amide bonds. The van der Waals surface area contributed by atoms with Gasteiger partial charge in [-0.25, -0.2) is 0 Å². The molecule has 0 N–H and O–H groups in total. The zero-order valence-electron chi connectivity index (χ0n) is 15.9. The van der Waals surface area contributed by atoms with E-state index in [4.69, 9.17) is 21.7 Å². The summed E-state index contributed by atoms with van der Waals surface area (Å²) < 4.78 is 12.0. The Morgan fingerprint density at radius 3 is 2.79 bits per heavy atom. The van der Waals surface area contributed by atoms with Gasteiger partial charge in [-0.3, -0.25) is 14.7 Å². The number of pyridine rings is 1. The van der Waals surface area contributed by atoms with Crippen LogP contribution >= 0.6 is 24.0 Å². The van der Waals surface area contributed by atoms with Crippen molar-refractivity contribution >= 4 is 46.0 Å². The van der Waals surface area contributed by atoms with E-state index in [-0.39, 0.29) is 5.91 Å². The second-order valence-electron chi connectivity index (χ2n) is 6.07. The second-order valence-corrected chi connectivity index (χ2v) is 7.75. The average molecular weight is 415 g/mol. The van der Waals surface area contributed by atoms with Crippen molar-refractivity contribution in [2.24, 2.45) is 0 Å². The van der Waals surface area contributed by atoms with E-state index in [1.54, 1.807) is 18.5 Å². The van der Waals surface area contributed by atoms with E-state index in [0.29, 0.717) is 33.9 Å². The number of carbonyl (C=O) groups is 1. The number of amides is 1. The summed E-state index contributed by atoms with van der Waals surface area (Å²) >= 11 is 6.68. The zero-order chi connectivity index (χ0) is 19.9. The SMILES string of the molecule is CCCCOc1ccc(/C=C2\SC(=S)N(c3cccnc3)C2=O)cc1OCC. The molecule has 2 heterocycles. The van der Waals surface area contributed by atoms with Crippen molar-refractivity contribution in [2.45, 2.75) is 26.7 Å². The summed E-state index contributed by atoms with van der Waals surface area (Å²) in [5.41, 5.74) is 1.53. The second kappa shape index (κ2) is 9.71. The molecule has 0 atom stereocenters. The minimum Gasteiger partial charge on any atom is -0.490 e. The lowest BCUT2D eigenvalue weighted by molar-refractivity contribution is -0.113. The van der Waals surface area contributed by atoms with Crippen LogP contribution in [0.4, 0.5) is 5.69 Å². The fourth-order valence-electron chi connectivity index (χ4n) is 2.66. The fraction of sp³-hybridized carbons (Fsp3) is 0.286. The molecule has 0 aliphatic carbocycles. The van der Waals surface area contributed by atoms with Gasteiger partial charge in [-0.05, 0) is 49.2 Å². The third kappa shape index (κ3) is 4.72. The molecule has 3 rings (SSSR count). The van der Waals surface area contributed by atoms with Gasteiger partial charge in [0.25, 0.3) is 5.91 Å². The van der Waals surface area contributed by atoms with E-state index in [1.807, 2.05) is 37.3 Å². The van der Waals surface area contributed by atoms with Crippen LogP contribution in [0.3, 0.4) is 0 Å². The molecule has 28 heavy (non-hydrogen) atoms. The molecule has 0 spiro atoms. The lowest BCUT2D eigenvalue weighted by Gasteiger charge is -2.13. The largest absolute Gasteiger partial charge is 0.490 e. The van der Waals surface area contributed by atoms with E-state index >= 15 is 0 Å². The number of aromatic nitrogens is 1. The smallest absolute Gasteiger partial charge is 0.270 e. The van der Waals surface area contributed by atoms with Crippen LogP contribution in [0.5, 0.6) is 11.5 Å². The van der Waals surface area contributed by atoms with Gasteiger partial charge in [0.2, 0.25) is 0 Å². The molecule has 2 aromatic rings. The quantitative estimate of drug-likeness (QED) is 0.342. The summed E-state index contributed by atoms with van der Waals surface area (Å²) in [5, 5.41) is 0. The molecule has 146 valence electrons. The van der Waals surface area contributed by atoms with Gasteiger partial charge in [-0.15, -0.1) is 0 Å². The van der Waals surface area contributed by atoms with Crippen LogP contribution in [-0.4, -0.2) is 28.4 Å². The molecule has 1 aliphatic heterocycles. The van der Waals surface area contributed by atoms with E-state index in [2.05, 4.69) is 11.9 Å². The highest BCUT2D eigenvalue weighted by atomic mass is 32.2. The number of anilines is 1. The highest BCUT2D eigenvalue weighted by Crippen LogP contribution is 2.37. The minimum atomic E-state index is -0.149. The summed E-state index contributed by atoms with van der Waals surface area (Å²) in [6.07, 6.45) is 7.18. The molecule has 1 saturated heterocycles. The van der Waals surface area contributed by atoms with Crippen molar-refractivity contribution in [3.8, 4) is 11.5 Å². The van der Waals surface area contributed by atoms with E-state index in [1.165, 1.54) is 16.7 Å². The maximum atomic E-state index is 12.8. The lowest BCUT2D eigenvalue weighted by Crippen LogP contribution is -2.27. The molecule has 7 heteroatoms. The fourth-order valence-corrected chi connectivity index (χ4v) is 3.96. The van der Waals surface area contributed by atoms with Crippen LogP contribution in [0.25, 0.3) is 6.08 Å². The molecule has 1 aromatic carbocycles. The van der Waals surface area contributed by atoms with Gasteiger partial charge in [0.1, 0.15) is 0 Å². The van der Waals surface area contributed by atoms with Crippen LogP contribution in [0.15, 0.2) is 47.6 Å². The third-order valence-electron chi connectivity index (χ3n) is 4.02. The topological polar surface area (TPSA) is 51.7 Å².